The van der Waals surface area contributed by atoms with E-state index in [1.54, 1.807) is 29.9 Å². The van der Waals surface area contributed by atoms with Gasteiger partial charge in [0, 0.05) is 29.9 Å². The summed E-state index contributed by atoms with van der Waals surface area (Å²) >= 11 is 0. The lowest BCUT2D eigenvalue weighted by atomic mass is 10.1. The zero-order chi connectivity index (χ0) is 21.9. The molecule has 0 fully saturated rings. The molecule has 30 heavy (non-hydrogen) atoms. The van der Waals surface area contributed by atoms with Gasteiger partial charge in [-0.15, -0.1) is 0 Å². The SMILES string of the molecule is Cc1c(C(C)NC(=O)c2cccc(S(=O)(=O)NC(C)c3ccccc3)c2)cnn1C. The third kappa shape index (κ3) is 4.77. The van der Waals surface area contributed by atoms with Gasteiger partial charge in [0.25, 0.3) is 5.91 Å². The van der Waals surface area contributed by atoms with E-state index in [1.165, 1.54) is 12.1 Å². The normalized spacial score (nSPS) is 13.6. The van der Waals surface area contributed by atoms with E-state index in [1.807, 2.05) is 51.2 Å². The Morgan fingerprint density at radius 2 is 1.73 bits per heavy atom. The molecule has 0 aliphatic carbocycles. The summed E-state index contributed by atoms with van der Waals surface area (Å²) in [4.78, 5) is 12.8. The van der Waals surface area contributed by atoms with Gasteiger partial charge in [-0.3, -0.25) is 9.48 Å². The number of carbonyl (C=O) groups excluding carboxylic acids is 1. The molecule has 0 spiro atoms. The van der Waals surface area contributed by atoms with Crippen molar-refractivity contribution in [3.8, 4) is 0 Å². The highest BCUT2D eigenvalue weighted by molar-refractivity contribution is 7.89. The van der Waals surface area contributed by atoms with Crippen LogP contribution in [-0.4, -0.2) is 24.1 Å². The zero-order valence-corrected chi connectivity index (χ0v) is 18.3. The number of rotatable bonds is 7. The second kappa shape index (κ2) is 8.81. The highest BCUT2D eigenvalue weighted by Crippen LogP contribution is 2.19. The van der Waals surface area contributed by atoms with Crippen LogP contribution >= 0.6 is 0 Å². The highest BCUT2D eigenvalue weighted by Gasteiger charge is 2.21. The maximum absolute atomic E-state index is 12.8. The van der Waals surface area contributed by atoms with Crippen molar-refractivity contribution in [2.45, 2.75) is 37.8 Å². The number of hydrogen-bond donors (Lipinski definition) is 2. The fraction of sp³-hybridized carbons (Fsp3) is 0.273. The lowest BCUT2D eigenvalue weighted by molar-refractivity contribution is 0.0939. The number of aryl methyl sites for hydroxylation is 1. The molecule has 0 saturated carbocycles. The standard InChI is InChI=1S/C22H26N4O3S/c1-15(18-9-6-5-7-10-18)25-30(28,29)20-12-8-11-19(13-20)22(27)24-16(2)21-14-23-26(4)17(21)3/h5-16,25H,1-4H3,(H,24,27). The lowest BCUT2D eigenvalue weighted by Crippen LogP contribution is -2.29. The molecule has 3 aromatic rings. The minimum absolute atomic E-state index is 0.0446. The fourth-order valence-electron chi connectivity index (χ4n) is 3.21. The molecule has 0 saturated heterocycles. The summed E-state index contributed by atoms with van der Waals surface area (Å²) in [6.07, 6.45) is 1.72. The summed E-state index contributed by atoms with van der Waals surface area (Å²) in [6, 6.07) is 14.7. The van der Waals surface area contributed by atoms with Gasteiger partial charge in [-0.25, -0.2) is 13.1 Å². The predicted molar refractivity (Wildman–Crippen MR) is 115 cm³/mol. The average molecular weight is 427 g/mol. The average Bonchev–Trinajstić information content (AvgIpc) is 3.07. The molecular weight excluding hydrogens is 400 g/mol. The fourth-order valence-corrected chi connectivity index (χ4v) is 4.49. The largest absolute Gasteiger partial charge is 0.345 e. The van der Waals surface area contributed by atoms with Gasteiger partial charge in [0.1, 0.15) is 0 Å². The van der Waals surface area contributed by atoms with Crippen molar-refractivity contribution in [3.05, 3.63) is 83.2 Å². The van der Waals surface area contributed by atoms with Crippen molar-refractivity contribution in [3.63, 3.8) is 0 Å². The summed E-state index contributed by atoms with van der Waals surface area (Å²) < 4.78 is 30.1. The van der Waals surface area contributed by atoms with Gasteiger partial charge in [-0.05, 0) is 44.5 Å². The van der Waals surface area contributed by atoms with Crippen molar-refractivity contribution in [1.82, 2.24) is 19.8 Å². The van der Waals surface area contributed by atoms with Gasteiger partial charge in [-0.2, -0.15) is 5.10 Å². The molecule has 0 aliphatic rings. The van der Waals surface area contributed by atoms with Crippen LogP contribution < -0.4 is 10.0 Å². The number of nitrogens with one attached hydrogen (secondary N) is 2. The van der Waals surface area contributed by atoms with Gasteiger partial charge in [0.15, 0.2) is 0 Å². The first kappa shape index (κ1) is 21.7. The van der Waals surface area contributed by atoms with E-state index in [4.69, 9.17) is 0 Å². The Bertz CT molecular complexity index is 1140. The van der Waals surface area contributed by atoms with Gasteiger partial charge in [0.05, 0.1) is 17.1 Å². The van der Waals surface area contributed by atoms with Crippen LogP contribution in [0, 0.1) is 6.92 Å². The molecule has 3 rings (SSSR count). The first-order valence-corrected chi connectivity index (χ1v) is 11.1. The van der Waals surface area contributed by atoms with Crippen molar-refractivity contribution in [1.29, 1.82) is 0 Å². The molecule has 0 bridgehead atoms. The van der Waals surface area contributed by atoms with E-state index in [0.29, 0.717) is 0 Å². The number of nitrogens with zero attached hydrogens (tertiary/aromatic N) is 2. The third-order valence-electron chi connectivity index (χ3n) is 5.13. The number of hydrogen-bond acceptors (Lipinski definition) is 4. The first-order valence-electron chi connectivity index (χ1n) is 9.65. The Morgan fingerprint density at radius 3 is 2.37 bits per heavy atom. The van der Waals surface area contributed by atoms with Crippen LogP contribution in [0.25, 0.3) is 0 Å². The van der Waals surface area contributed by atoms with Crippen molar-refractivity contribution >= 4 is 15.9 Å². The second-order valence-corrected chi connectivity index (χ2v) is 9.00. The zero-order valence-electron chi connectivity index (χ0n) is 17.5. The number of amides is 1. The quantitative estimate of drug-likeness (QED) is 0.606. The summed E-state index contributed by atoms with van der Waals surface area (Å²) in [5.74, 6) is -0.348. The van der Waals surface area contributed by atoms with Crippen LogP contribution in [0.1, 0.15) is 53.1 Å². The summed E-state index contributed by atoms with van der Waals surface area (Å²) in [6.45, 7) is 5.57. The van der Waals surface area contributed by atoms with Crippen LogP contribution in [0.15, 0.2) is 65.7 Å². The third-order valence-corrected chi connectivity index (χ3v) is 6.66. The number of carbonyl (C=O) groups is 1. The molecule has 2 unspecified atom stereocenters. The maximum Gasteiger partial charge on any atom is 0.251 e. The Labute approximate surface area is 177 Å². The van der Waals surface area contributed by atoms with Gasteiger partial charge >= 0.3 is 0 Å². The van der Waals surface area contributed by atoms with E-state index in [2.05, 4.69) is 15.1 Å². The lowest BCUT2D eigenvalue weighted by Gasteiger charge is -2.16. The molecule has 1 heterocycles. The van der Waals surface area contributed by atoms with Gasteiger partial charge in [-0.1, -0.05) is 36.4 Å². The van der Waals surface area contributed by atoms with E-state index < -0.39 is 16.1 Å². The van der Waals surface area contributed by atoms with Gasteiger partial charge < -0.3 is 5.32 Å². The maximum atomic E-state index is 12.8. The summed E-state index contributed by atoms with van der Waals surface area (Å²) in [5.41, 5.74) is 3.00. The van der Waals surface area contributed by atoms with Crippen LogP contribution in [0.2, 0.25) is 0 Å². The van der Waals surface area contributed by atoms with E-state index in [-0.39, 0.29) is 22.4 Å². The molecule has 1 aromatic heterocycles. The van der Waals surface area contributed by atoms with Crippen molar-refractivity contribution in [2.75, 3.05) is 0 Å². The Balaban J connectivity index is 1.76. The summed E-state index contributed by atoms with van der Waals surface area (Å²) in [5, 5.41) is 7.10. The monoisotopic (exact) mass is 426 g/mol. The Morgan fingerprint density at radius 1 is 1.03 bits per heavy atom. The smallest absolute Gasteiger partial charge is 0.251 e. The van der Waals surface area contributed by atoms with Gasteiger partial charge in [0.2, 0.25) is 10.0 Å². The molecule has 1 amide bonds. The number of aromatic nitrogens is 2. The van der Waals surface area contributed by atoms with E-state index in [9.17, 15) is 13.2 Å². The minimum Gasteiger partial charge on any atom is -0.345 e. The second-order valence-electron chi connectivity index (χ2n) is 7.29. The molecule has 7 nitrogen and oxygen atoms in total. The first-order chi connectivity index (χ1) is 14.2. The summed E-state index contributed by atoms with van der Waals surface area (Å²) in [7, 11) is -1.95. The Kier molecular flexibility index (Phi) is 6.38. The Hall–Kier alpha value is -2.97. The van der Waals surface area contributed by atoms with Crippen LogP contribution in [0.3, 0.4) is 0 Å². The molecule has 8 heteroatoms. The molecule has 2 N–H and O–H groups in total. The van der Waals surface area contributed by atoms with E-state index >= 15 is 0 Å². The molecule has 0 radical (unpaired) electrons. The van der Waals surface area contributed by atoms with Crippen LogP contribution in [0.4, 0.5) is 0 Å². The van der Waals surface area contributed by atoms with Crippen molar-refractivity contribution < 1.29 is 13.2 Å². The molecule has 2 aromatic carbocycles. The predicted octanol–water partition coefficient (Wildman–Crippen LogP) is 3.26. The van der Waals surface area contributed by atoms with Crippen LogP contribution in [-0.2, 0) is 17.1 Å². The molecule has 2 atom stereocenters. The molecule has 158 valence electrons. The highest BCUT2D eigenvalue weighted by atomic mass is 32.2. The topological polar surface area (TPSA) is 93.1 Å². The molecule has 0 aliphatic heterocycles. The van der Waals surface area contributed by atoms with Crippen molar-refractivity contribution in [2.24, 2.45) is 7.05 Å². The number of sulfonamides is 1. The minimum atomic E-state index is -3.79. The van der Waals surface area contributed by atoms with Crippen LogP contribution in [0.5, 0.6) is 0 Å². The number of benzene rings is 2. The van der Waals surface area contributed by atoms with E-state index in [0.717, 1.165) is 16.8 Å². The molecular formula is C22H26N4O3S.